The highest BCUT2D eigenvalue weighted by Crippen LogP contribution is 2.33. The van der Waals surface area contributed by atoms with Crippen LogP contribution in [0.2, 0.25) is 0 Å². The molecule has 2 unspecified atom stereocenters. The molecule has 1 N–H and O–H groups in total. The molecule has 1 aromatic carbocycles. The number of hydrogen-bond donors (Lipinski definition) is 1. The first kappa shape index (κ1) is 12.7. The maximum Gasteiger partial charge on any atom is 0.146 e. The minimum atomic E-state index is -0.641. The molecule has 1 heterocycles. The van der Waals surface area contributed by atoms with Gasteiger partial charge in [-0.1, -0.05) is 12.1 Å². The van der Waals surface area contributed by atoms with Gasteiger partial charge in [0.05, 0.1) is 11.8 Å². The van der Waals surface area contributed by atoms with E-state index in [1.54, 1.807) is 19.1 Å². The van der Waals surface area contributed by atoms with Gasteiger partial charge in [0.1, 0.15) is 5.82 Å². The molecule has 0 amide bonds. The van der Waals surface area contributed by atoms with Crippen LogP contribution in [-0.2, 0) is 0 Å². The SMILES string of the molecule is CC(O)c1cccc(F)c1N(C)C1CCSC1. The number of anilines is 1. The van der Waals surface area contributed by atoms with Crippen LogP contribution in [0.15, 0.2) is 18.2 Å². The average Bonchev–Trinajstić information content (AvgIpc) is 2.81. The zero-order valence-corrected chi connectivity index (χ0v) is 11.0. The molecule has 0 radical (unpaired) electrons. The van der Waals surface area contributed by atoms with Crippen molar-refractivity contribution in [2.24, 2.45) is 0 Å². The molecule has 0 bridgehead atoms. The molecule has 1 saturated heterocycles. The predicted molar refractivity (Wildman–Crippen MR) is 71.2 cm³/mol. The van der Waals surface area contributed by atoms with E-state index in [9.17, 15) is 9.50 Å². The summed E-state index contributed by atoms with van der Waals surface area (Å²) in [5.74, 6) is 1.92. The largest absolute Gasteiger partial charge is 0.389 e. The molecule has 2 nitrogen and oxygen atoms in total. The number of nitrogens with zero attached hydrogens (tertiary/aromatic N) is 1. The van der Waals surface area contributed by atoms with Gasteiger partial charge in [-0.25, -0.2) is 4.39 Å². The summed E-state index contributed by atoms with van der Waals surface area (Å²) in [5, 5.41) is 9.72. The predicted octanol–water partition coefficient (Wildman–Crippen LogP) is 2.82. The molecule has 1 aliphatic rings. The third kappa shape index (κ3) is 2.58. The first-order valence-corrected chi connectivity index (χ1v) is 7.03. The number of para-hydroxylation sites is 1. The maximum atomic E-state index is 14.0. The van der Waals surface area contributed by atoms with E-state index in [0.717, 1.165) is 17.9 Å². The number of hydrogen-bond acceptors (Lipinski definition) is 3. The van der Waals surface area contributed by atoms with Gasteiger partial charge in [-0.15, -0.1) is 0 Å². The fourth-order valence-electron chi connectivity index (χ4n) is 2.25. The monoisotopic (exact) mass is 255 g/mol. The van der Waals surface area contributed by atoms with Crippen molar-refractivity contribution in [2.45, 2.75) is 25.5 Å². The quantitative estimate of drug-likeness (QED) is 0.898. The summed E-state index contributed by atoms with van der Waals surface area (Å²) in [5.41, 5.74) is 1.22. The maximum absolute atomic E-state index is 14.0. The van der Waals surface area contributed by atoms with E-state index in [1.807, 2.05) is 23.7 Å². The van der Waals surface area contributed by atoms with E-state index < -0.39 is 6.10 Å². The molecule has 1 aliphatic heterocycles. The Hall–Kier alpha value is -0.740. The summed E-state index contributed by atoms with van der Waals surface area (Å²) < 4.78 is 14.0. The fraction of sp³-hybridized carbons (Fsp3) is 0.538. The fourth-order valence-corrected chi connectivity index (χ4v) is 3.52. The minimum Gasteiger partial charge on any atom is -0.389 e. The van der Waals surface area contributed by atoms with Gasteiger partial charge >= 0.3 is 0 Å². The Morgan fingerprint density at radius 3 is 2.88 bits per heavy atom. The van der Waals surface area contributed by atoms with Gasteiger partial charge in [0.15, 0.2) is 0 Å². The molecule has 0 aromatic heterocycles. The second-order valence-electron chi connectivity index (χ2n) is 4.48. The molecule has 94 valence electrons. The Kier molecular flexibility index (Phi) is 3.94. The van der Waals surface area contributed by atoms with Crippen molar-refractivity contribution in [3.8, 4) is 0 Å². The van der Waals surface area contributed by atoms with Crippen molar-refractivity contribution in [1.29, 1.82) is 0 Å². The highest BCUT2D eigenvalue weighted by atomic mass is 32.2. The summed E-state index contributed by atoms with van der Waals surface area (Å²) in [6.45, 7) is 1.68. The minimum absolute atomic E-state index is 0.247. The van der Waals surface area contributed by atoms with Crippen molar-refractivity contribution in [1.82, 2.24) is 0 Å². The lowest BCUT2D eigenvalue weighted by molar-refractivity contribution is 0.199. The van der Waals surface area contributed by atoms with Gasteiger partial charge in [-0.2, -0.15) is 11.8 Å². The number of aliphatic hydroxyl groups excluding tert-OH is 1. The highest BCUT2D eigenvalue weighted by Gasteiger charge is 2.25. The molecule has 2 atom stereocenters. The third-order valence-corrected chi connectivity index (χ3v) is 4.42. The molecule has 2 rings (SSSR count). The van der Waals surface area contributed by atoms with Crippen LogP contribution in [0, 0.1) is 5.82 Å². The van der Waals surface area contributed by atoms with Crippen LogP contribution in [-0.4, -0.2) is 29.7 Å². The molecule has 1 aromatic rings. The lowest BCUT2D eigenvalue weighted by Gasteiger charge is -2.29. The average molecular weight is 255 g/mol. The molecule has 1 fully saturated rings. The molecular formula is C13H18FNOS. The van der Waals surface area contributed by atoms with Crippen LogP contribution >= 0.6 is 11.8 Å². The van der Waals surface area contributed by atoms with Gasteiger partial charge in [-0.3, -0.25) is 0 Å². The Balaban J connectivity index is 2.35. The van der Waals surface area contributed by atoms with Gasteiger partial charge < -0.3 is 10.0 Å². The lowest BCUT2D eigenvalue weighted by Crippen LogP contribution is -2.33. The lowest BCUT2D eigenvalue weighted by atomic mass is 10.1. The summed E-state index contributed by atoms with van der Waals surface area (Å²) in [4.78, 5) is 1.98. The van der Waals surface area contributed by atoms with E-state index in [-0.39, 0.29) is 5.82 Å². The number of aliphatic hydroxyl groups is 1. The molecule has 0 spiro atoms. The van der Waals surface area contributed by atoms with Gasteiger partial charge in [0.25, 0.3) is 0 Å². The summed E-state index contributed by atoms with van der Waals surface area (Å²) in [6.07, 6.45) is 0.437. The normalized spacial score (nSPS) is 21.5. The first-order chi connectivity index (χ1) is 8.11. The van der Waals surface area contributed by atoms with Gasteiger partial charge in [-0.05, 0) is 25.2 Å². The third-order valence-electron chi connectivity index (χ3n) is 3.27. The van der Waals surface area contributed by atoms with Crippen molar-refractivity contribution < 1.29 is 9.50 Å². The second-order valence-corrected chi connectivity index (χ2v) is 5.63. The van der Waals surface area contributed by atoms with Gasteiger partial charge in [0.2, 0.25) is 0 Å². The number of rotatable bonds is 3. The van der Waals surface area contributed by atoms with Crippen LogP contribution in [0.5, 0.6) is 0 Å². The van der Waals surface area contributed by atoms with Crippen LogP contribution in [0.25, 0.3) is 0 Å². The van der Waals surface area contributed by atoms with Crippen LogP contribution in [0.1, 0.15) is 25.0 Å². The Labute approximate surface area is 106 Å². The van der Waals surface area contributed by atoms with Crippen molar-refractivity contribution in [3.63, 3.8) is 0 Å². The van der Waals surface area contributed by atoms with E-state index >= 15 is 0 Å². The molecular weight excluding hydrogens is 237 g/mol. The Morgan fingerprint density at radius 2 is 2.29 bits per heavy atom. The summed E-state index contributed by atoms with van der Waals surface area (Å²) >= 11 is 1.90. The second kappa shape index (κ2) is 5.27. The topological polar surface area (TPSA) is 23.5 Å². The number of thioether (sulfide) groups is 1. The Bertz CT molecular complexity index is 391. The van der Waals surface area contributed by atoms with Crippen molar-refractivity contribution >= 4 is 17.4 Å². The Morgan fingerprint density at radius 1 is 1.53 bits per heavy atom. The molecule has 0 saturated carbocycles. The number of benzene rings is 1. The van der Waals surface area contributed by atoms with E-state index in [2.05, 4.69) is 0 Å². The zero-order chi connectivity index (χ0) is 12.4. The zero-order valence-electron chi connectivity index (χ0n) is 10.2. The van der Waals surface area contributed by atoms with Crippen molar-refractivity contribution in [3.05, 3.63) is 29.6 Å². The van der Waals surface area contributed by atoms with E-state index in [0.29, 0.717) is 17.3 Å². The summed E-state index contributed by atoms with van der Waals surface area (Å²) in [6, 6.07) is 5.27. The first-order valence-electron chi connectivity index (χ1n) is 5.88. The molecule has 17 heavy (non-hydrogen) atoms. The van der Waals surface area contributed by atoms with Crippen LogP contribution in [0.4, 0.5) is 10.1 Å². The highest BCUT2D eigenvalue weighted by molar-refractivity contribution is 7.99. The van der Waals surface area contributed by atoms with Gasteiger partial charge in [0, 0.05) is 24.4 Å². The van der Waals surface area contributed by atoms with E-state index in [1.165, 1.54) is 6.07 Å². The van der Waals surface area contributed by atoms with Crippen LogP contribution < -0.4 is 4.90 Å². The van der Waals surface area contributed by atoms with E-state index in [4.69, 9.17) is 0 Å². The molecule has 4 heteroatoms. The summed E-state index contributed by atoms with van der Waals surface area (Å²) in [7, 11) is 1.92. The smallest absolute Gasteiger partial charge is 0.146 e. The number of halogens is 1. The van der Waals surface area contributed by atoms with Crippen LogP contribution in [0.3, 0.4) is 0 Å². The standard InChI is InChI=1S/C13H18FNOS/c1-9(16)11-4-3-5-12(14)13(11)15(2)10-6-7-17-8-10/h3-5,9-10,16H,6-8H2,1-2H3. The molecule has 0 aliphatic carbocycles. The van der Waals surface area contributed by atoms with Crippen molar-refractivity contribution in [2.75, 3.05) is 23.5 Å².